The first-order chi connectivity index (χ1) is 8.15. The van der Waals surface area contributed by atoms with E-state index in [2.05, 4.69) is 4.98 Å². The van der Waals surface area contributed by atoms with Crippen molar-refractivity contribution in [3.63, 3.8) is 0 Å². The zero-order chi connectivity index (χ0) is 12.3. The molecule has 2 rings (SSSR count). The summed E-state index contributed by atoms with van der Waals surface area (Å²) >= 11 is 11.8. The Morgan fingerprint density at radius 3 is 2.71 bits per heavy atom. The molecular formula is C12H9Cl2NO2. The number of aromatic amines is 1. The maximum atomic E-state index is 11.0. The highest BCUT2D eigenvalue weighted by Crippen LogP contribution is 2.22. The van der Waals surface area contributed by atoms with Gasteiger partial charge in [-0.25, -0.2) is 0 Å². The third-order valence-corrected chi connectivity index (χ3v) is 2.74. The van der Waals surface area contributed by atoms with Crippen LogP contribution >= 0.6 is 23.2 Å². The van der Waals surface area contributed by atoms with Crippen molar-refractivity contribution in [2.45, 2.75) is 6.61 Å². The Balaban J connectivity index is 2.10. The fourth-order valence-electron chi connectivity index (χ4n) is 1.31. The zero-order valence-corrected chi connectivity index (χ0v) is 10.3. The molecule has 88 valence electrons. The van der Waals surface area contributed by atoms with Gasteiger partial charge in [-0.05, 0) is 18.2 Å². The van der Waals surface area contributed by atoms with Crippen LogP contribution in [0.15, 0.2) is 41.3 Å². The molecule has 0 aliphatic rings. The van der Waals surface area contributed by atoms with Crippen molar-refractivity contribution >= 4 is 23.2 Å². The molecule has 3 nitrogen and oxygen atoms in total. The van der Waals surface area contributed by atoms with Crippen molar-refractivity contribution in [1.29, 1.82) is 0 Å². The van der Waals surface area contributed by atoms with Crippen LogP contribution in [-0.2, 0) is 6.61 Å². The standard InChI is InChI=1S/C12H9Cl2NO2/c13-9-2-1-8(11(14)5-9)7-17-10-3-4-15-12(16)6-10/h1-6H,7H2,(H,15,16). The molecule has 1 aromatic heterocycles. The zero-order valence-electron chi connectivity index (χ0n) is 8.74. The summed E-state index contributed by atoms with van der Waals surface area (Å²) in [5.74, 6) is 0.500. The molecule has 5 heteroatoms. The molecule has 0 atom stereocenters. The van der Waals surface area contributed by atoms with Gasteiger partial charge in [0.15, 0.2) is 0 Å². The topological polar surface area (TPSA) is 42.1 Å². The summed E-state index contributed by atoms with van der Waals surface area (Å²) in [6.45, 7) is 0.291. The summed E-state index contributed by atoms with van der Waals surface area (Å²) in [6, 6.07) is 8.23. The highest BCUT2D eigenvalue weighted by Gasteiger charge is 2.02. The molecule has 2 aromatic rings. The summed E-state index contributed by atoms with van der Waals surface area (Å²) < 4.78 is 5.45. The molecule has 17 heavy (non-hydrogen) atoms. The molecule has 1 heterocycles. The highest BCUT2D eigenvalue weighted by atomic mass is 35.5. The van der Waals surface area contributed by atoms with E-state index in [4.69, 9.17) is 27.9 Å². The fourth-order valence-corrected chi connectivity index (χ4v) is 1.78. The van der Waals surface area contributed by atoms with Crippen molar-refractivity contribution in [1.82, 2.24) is 4.98 Å². The van der Waals surface area contributed by atoms with E-state index in [-0.39, 0.29) is 5.56 Å². The first kappa shape index (κ1) is 12.0. The average Bonchev–Trinajstić information content (AvgIpc) is 2.28. The number of aromatic nitrogens is 1. The van der Waals surface area contributed by atoms with Crippen molar-refractivity contribution < 1.29 is 4.74 Å². The van der Waals surface area contributed by atoms with Crippen LogP contribution in [0.4, 0.5) is 0 Å². The summed E-state index contributed by atoms with van der Waals surface area (Å²) in [6.07, 6.45) is 1.53. The van der Waals surface area contributed by atoms with Gasteiger partial charge in [0, 0.05) is 27.9 Å². The van der Waals surface area contributed by atoms with Crippen LogP contribution in [0.3, 0.4) is 0 Å². The molecule has 0 bridgehead atoms. The average molecular weight is 270 g/mol. The fraction of sp³-hybridized carbons (Fsp3) is 0.0833. The lowest BCUT2D eigenvalue weighted by Crippen LogP contribution is -2.04. The smallest absolute Gasteiger partial charge is 0.251 e. The van der Waals surface area contributed by atoms with Crippen LogP contribution in [0.25, 0.3) is 0 Å². The molecular weight excluding hydrogens is 261 g/mol. The molecule has 0 radical (unpaired) electrons. The van der Waals surface area contributed by atoms with Crippen LogP contribution in [-0.4, -0.2) is 4.98 Å². The minimum absolute atomic E-state index is 0.204. The van der Waals surface area contributed by atoms with E-state index in [1.807, 2.05) is 0 Å². The van der Waals surface area contributed by atoms with Gasteiger partial charge in [0.25, 0.3) is 5.56 Å². The predicted molar refractivity (Wildman–Crippen MR) is 67.9 cm³/mol. The number of benzene rings is 1. The van der Waals surface area contributed by atoms with E-state index in [1.165, 1.54) is 12.3 Å². The van der Waals surface area contributed by atoms with Crippen LogP contribution in [0.1, 0.15) is 5.56 Å². The minimum Gasteiger partial charge on any atom is -0.489 e. The molecule has 0 unspecified atom stereocenters. The van der Waals surface area contributed by atoms with Crippen LogP contribution in [0, 0.1) is 0 Å². The summed E-state index contributed by atoms with van der Waals surface area (Å²) in [5.41, 5.74) is 0.612. The lowest BCUT2D eigenvalue weighted by molar-refractivity contribution is 0.305. The first-order valence-electron chi connectivity index (χ1n) is 4.90. The summed E-state index contributed by atoms with van der Waals surface area (Å²) in [5, 5.41) is 1.12. The third kappa shape index (κ3) is 3.25. The van der Waals surface area contributed by atoms with Crippen LogP contribution in [0.5, 0.6) is 5.75 Å². The summed E-state index contributed by atoms with van der Waals surface area (Å²) in [7, 11) is 0. The molecule has 1 N–H and O–H groups in total. The first-order valence-corrected chi connectivity index (χ1v) is 5.66. The monoisotopic (exact) mass is 269 g/mol. The molecule has 0 aliphatic heterocycles. The van der Waals surface area contributed by atoms with Gasteiger partial charge >= 0.3 is 0 Å². The molecule has 1 aromatic carbocycles. The van der Waals surface area contributed by atoms with Crippen LogP contribution < -0.4 is 10.3 Å². The number of hydrogen-bond acceptors (Lipinski definition) is 2. The molecule has 0 spiro atoms. The third-order valence-electron chi connectivity index (χ3n) is 2.16. The predicted octanol–water partition coefficient (Wildman–Crippen LogP) is 3.26. The Morgan fingerprint density at radius 2 is 2.00 bits per heavy atom. The van der Waals surface area contributed by atoms with Gasteiger partial charge in [-0.3, -0.25) is 4.79 Å². The molecule has 0 amide bonds. The van der Waals surface area contributed by atoms with Crippen molar-refractivity contribution in [3.05, 3.63) is 62.5 Å². The number of ether oxygens (including phenoxy) is 1. The second-order valence-electron chi connectivity index (χ2n) is 3.41. The number of H-pyrrole nitrogens is 1. The SMILES string of the molecule is O=c1cc(OCc2ccc(Cl)cc2Cl)cc[nH]1. The van der Waals surface area contributed by atoms with Gasteiger partial charge in [-0.2, -0.15) is 0 Å². The quantitative estimate of drug-likeness (QED) is 0.930. The maximum Gasteiger partial charge on any atom is 0.251 e. The highest BCUT2D eigenvalue weighted by molar-refractivity contribution is 6.35. The Morgan fingerprint density at radius 1 is 1.18 bits per heavy atom. The maximum absolute atomic E-state index is 11.0. The van der Waals surface area contributed by atoms with E-state index in [0.717, 1.165) is 5.56 Å². The lowest BCUT2D eigenvalue weighted by Gasteiger charge is -2.07. The van der Waals surface area contributed by atoms with E-state index in [0.29, 0.717) is 22.4 Å². The number of rotatable bonds is 3. The number of halogens is 2. The van der Waals surface area contributed by atoms with Gasteiger partial charge in [0.2, 0.25) is 0 Å². The molecule has 0 saturated heterocycles. The number of nitrogens with one attached hydrogen (secondary N) is 1. The Bertz CT molecular complexity index is 581. The Labute approximate surface area is 108 Å². The molecule has 0 saturated carbocycles. The summed E-state index contributed by atoms with van der Waals surface area (Å²) in [4.78, 5) is 13.5. The second kappa shape index (κ2) is 5.25. The minimum atomic E-state index is -0.204. The molecule has 0 aliphatic carbocycles. The van der Waals surface area contributed by atoms with E-state index in [1.54, 1.807) is 24.3 Å². The van der Waals surface area contributed by atoms with Crippen molar-refractivity contribution in [3.8, 4) is 5.75 Å². The van der Waals surface area contributed by atoms with Gasteiger partial charge < -0.3 is 9.72 Å². The largest absolute Gasteiger partial charge is 0.489 e. The van der Waals surface area contributed by atoms with Gasteiger partial charge in [-0.15, -0.1) is 0 Å². The van der Waals surface area contributed by atoms with Crippen LogP contribution in [0.2, 0.25) is 10.0 Å². The van der Waals surface area contributed by atoms with E-state index in [9.17, 15) is 4.79 Å². The Kier molecular flexibility index (Phi) is 3.71. The van der Waals surface area contributed by atoms with E-state index >= 15 is 0 Å². The number of hydrogen-bond donors (Lipinski definition) is 1. The van der Waals surface area contributed by atoms with Gasteiger partial charge in [0.1, 0.15) is 12.4 Å². The molecule has 0 fully saturated rings. The Hall–Kier alpha value is -1.45. The van der Waals surface area contributed by atoms with Crippen molar-refractivity contribution in [2.75, 3.05) is 0 Å². The van der Waals surface area contributed by atoms with Gasteiger partial charge in [0.05, 0.1) is 0 Å². The normalized spacial score (nSPS) is 10.2. The van der Waals surface area contributed by atoms with E-state index < -0.39 is 0 Å². The van der Waals surface area contributed by atoms with Crippen molar-refractivity contribution in [2.24, 2.45) is 0 Å². The van der Waals surface area contributed by atoms with Gasteiger partial charge in [-0.1, -0.05) is 29.3 Å². The number of pyridine rings is 1. The second-order valence-corrected chi connectivity index (χ2v) is 4.26. The lowest BCUT2D eigenvalue weighted by atomic mass is 10.2.